The summed E-state index contributed by atoms with van der Waals surface area (Å²) in [6, 6.07) is 10.7. The minimum absolute atomic E-state index is 0.790. The van der Waals surface area contributed by atoms with E-state index >= 15 is 0 Å². The van der Waals surface area contributed by atoms with Gasteiger partial charge in [-0.1, -0.05) is 48.3 Å². The Kier molecular flexibility index (Phi) is 8.44. The molecule has 0 amide bonds. The lowest BCUT2D eigenvalue weighted by molar-refractivity contribution is 0.304. The molecule has 0 radical (unpaired) electrons. The van der Waals surface area contributed by atoms with Crippen molar-refractivity contribution in [3.05, 3.63) is 35.9 Å². The van der Waals surface area contributed by atoms with E-state index in [1.54, 1.807) is 0 Å². The number of unbranched alkanes of at least 4 members (excludes halogenated alkanes) is 3. The maximum atomic E-state index is 6.05. The van der Waals surface area contributed by atoms with Gasteiger partial charge in [-0.05, 0) is 61.1 Å². The monoisotopic (exact) mass is 392 g/mol. The molecule has 2 aromatic rings. The van der Waals surface area contributed by atoms with Crippen LogP contribution in [0.3, 0.4) is 0 Å². The van der Waals surface area contributed by atoms with Crippen molar-refractivity contribution in [2.45, 2.75) is 52.4 Å². The fourth-order valence-electron chi connectivity index (χ4n) is 2.83. The van der Waals surface area contributed by atoms with Crippen LogP contribution >= 0.6 is 15.9 Å². The zero-order valence-corrected chi connectivity index (χ0v) is 16.5. The smallest absolute Gasteiger partial charge is 0.123 e. The summed E-state index contributed by atoms with van der Waals surface area (Å²) in [5.41, 5.74) is 1.30. The number of alkyl halides is 1. The Labute approximate surface area is 154 Å². The number of rotatable bonds is 11. The molecule has 132 valence electrons. The lowest BCUT2D eigenvalue weighted by atomic mass is 10.0. The van der Waals surface area contributed by atoms with Crippen molar-refractivity contribution in [3.63, 3.8) is 0 Å². The van der Waals surface area contributed by atoms with Crippen LogP contribution in [0.15, 0.2) is 30.3 Å². The summed E-state index contributed by atoms with van der Waals surface area (Å²) in [7, 11) is 0. The molecule has 2 aromatic carbocycles. The average Bonchev–Trinajstić information content (AvgIpc) is 2.61. The maximum Gasteiger partial charge on any atom is 0.123 e. The molecule has 3 heteroatoms. The molecule has 24 heavy (non-hydrogen) atoms. The van der Waals surface area contributed by atoms with Crippen molar-refractivity contribution < 1.29 is 9.47 Å². The molecular weight excluding hydrogens is 364 g/mol. The van der Waals surface area contributed by atoms with Gasteiger partial charge in [-0.2, -0.15) is 0 Å². The molecule has 0 aliphatic rings. The fraction of sp³-hybridized carbons (Fsp3) is 0.524. The van der Waals surface area contributed by atoms with Gasteiger partial charge in [-0.15, -0.1) is 0 Å². The van der Waals surface area contributed by atoms with Crippen molar-refractivity contribution in [1.29, 1.82) is 0 Å². The Hall–Kier alpha value is -1.22. The molecule has 0 bridgehead atoms. The summed E-state index contributed by atoms with van der Waals surface area (Å²) >= 11 is 3.47. The highest BCUT2D eigenvalue weighted by atomic mass is 79.9. The fourth-order valence-corrected chi connectivity index (χ4v) is 3.23. The maximum absolute atomic E-state index is 6.05. The molecule has 0 aliphatic carbocycles. The van der Waals surface area contributed by atoms with Gasteiger partial charge in [0.25, 0.3) is 0 Å². The first-order valence-electron chi connectivity index (χ1n) is 9.17. The number of hydrogen-bond acceptors (Lipinski definition) is 2. The van der Waals surface area contributed by atoms with Crippen LogP contribution in [-0.4, -0.2) is 18.5 Å². The van der Waals surface area contributed by atoms with Gasteiger partial charge < -0.3 is 9.47 Å². The minimum Gasteiger partial charge on any atom is -0.494 e. The van der Waals surface area contributed by atoms with Gasteiger partial charge in [-0.3, -0.25) is 0 Å². The summed E-state index contributed by atoms with van der Waals surface area (Å²) in [5.74, 6) is 1.99. The summed E-state index contributed by atoms with van der Waals surface area (Å²) in [6.07, 6.45) is 6.76. The normalized spacial score (nSPS) is 11.0. The first-order chi connectivity index (χ1) is 11.8. The molecule has 0 unspecified atom stereocenters. The van der Waals surface area contributed by atoms with Gasteiger partial charge in [-0.25, -0.2) is 0 Å². The van der Waals surface area contributed by atoms with Crippen molar-refractivity contribution >= 4 is 26.7 Å². The quantitative estimate of drug-likeness (QED) is 0.319. The van der Waals surface area contributed by atoms with Crippen molar-refractivity contribution in [3.8, 4) is 11.5 Å². The molecule has 0 spiro atoms. The van der Waals surface area contributed by atoms with E-state index in [0.717, 1.165) is 55.7 Å². The number of fused-ring (bicyclic) bond motifs is 1. The van der Waals surface area contributed by atoms with E-state index in [-0.39, 0.29) is 0 Å². The van der Waals surface area contributed by atoms with E-state index < -0.39 is 0 Å². The highest BCUT2D eigenvalue weighted by molar-refractivity contribution is 9.09. The topological polar surface area (TPSA) is 18.5 Å². The number of halogens is 1. The van der Waals surface area contributed by atoms with E-state index in [9.17, 15) is 0 Å². The van der Waals surface area contributed by atoms with Gasteiger partial charge in [0.15, 0.2) is 0 Å². The van der Waals surface area contributed by atoms with Gasteiger partial charge in [0.2, 0.25) is 0 Å². The number of ether oxygens (including phenoxy) is 2. The molecule has 0 N–H and O–H groups in total. The van der Waals surface area contributed by atoms with Gasteiger partial charge >= 0.3 is 0 Å². The minimum atomic E-state index is 0.790. The molecule has 0 atom stereocenters. The molecule has 0 saturated heterocycles. The predicted molar refractivity (Wildman–Crippen MR) is 107 cm³/mol. The second-order valence-corrected chi connectivity index (χ2v) is 6.87. The lowest BCUT2D eigenvalue weighted by Gasteiger charge is -2.14. The van der Waals surface area contributed by atoms with Crippen LogP contribution in [0.25, 0.3) is 10.8 Å². The van der Waals surface area contributed by atoms with E-state index in [2.05, 4.69) is 60.1 Å². The average molecular weight is 393 g/mol. The van der Waals surface area contributed by atoms with Crippen LogP contribution in [0.2, 0.25) is 0 Å². The Bertz CT molecular complexity index is 625. The third kappa shape index (κ3) is 5.41. The largest absolute Gasteiger partial charge is 0.494 e. The van der Waals surface area contributed by atoms with Crippen molar-refractivity contribution in [1.82, 2.24) is 0 Å². The van der Waals surface area contributed by atoms with E-state index in [1.807, 2.05) is 0 Å². The Morgan fingerprint density at radius 2 is 1.71 bits per heavy atom. The molecule has 0 aliphatic heterocycles. The zero-order valence-electron chi connectivity index (χ0n) is 14.9. The molecule has 0 heterocycles. The standard InChI is InChI=1S/C21H29BrO2/c1-3-5-14-23-18-10-11-20-17(16-18)9-12-21(19(20)4-2)24-15-8-6-7-13-22/h9-12,16H,3-8,13-15H2,1-2H3. The van der Waals surface area contributed by atoms with Gasteiger partial charge in [0, 0.05) is 10.9 Å². The predicted octanol–water partition coefficient (Wildman–Crippen LogP) is 6.53. The lowest BCUT2D eigenvalue weighted by Crippen LogP contribution is -2.01. The van der Waals surface area contributed by atoms with Crippen LogP contribution < -0.4 is 9.47 Å². The van der Waals surface area contributed by atoms with Crippen molar-refractivity contribution in [2.24, 2.45) is 0 Å². The van der Waals surface area contributed by atoms with Crippen LogP contribution in [-0.2, 0) is 6.42 Å². The van der Waals surface area contributed by atoms with Crippen LogP contribution in [0.5, 0.6) is 11.5 Å². The number of hydrogen-bond donors (Lipinski definition) is 0. The summed E-state index contributed by atoms with van der Waals surface area (Å²) in [6.45, 7) is 5.96. The Balaban J connectivity index is 2.09. The van der Waals surface area contributed by atoms with Crippen LogP contribution in [0.4, 0.5) is 0 Å². The van der Waals surface area contributed by atoms with Crippen molar-refractivity contribution in [2.75, 3.05) is 18.5 Å². The number of benzene rings is 2. The van der Waals surface area contributed by atoms with E-state index in [4.69, 9.17) is 9.47 Å². The third-order valence-corrected chi connectivity index (χ3v) is 4.78. The first kappa shape index (κ1) is 19.1. The SMILES string of the molecule is CCCCOc1ccc2c(CC)c(OCCCCCBr)ccc2c1. The summed E-state index contributed by atoms with van der Waals surface area (Å²) < 4.78 is 11.9. The molecule has 0 saturated carbocycles. The van der Waals surface area contributed by atoms with Crippen LogP contribution in [0.1, 0.15) is 51.5 Å². The molecule has 2 rings (SSSR count). The van der Waals surface area contributed by atoms with Gasteiger partial charge in [0.05, 0.1) is 13.2 Å². The highest BCUT2D eigenvalue weighted by Gasteiger charge is 2.08. The van der Waals surface area contributed by atoms with Crippen LogP contribution in [0, 0.1) is 0 Å². The summed E-state index contributed by atoms with van der Waals surface area (Å²) in [5, 5.41) is 3.58. The second kappa shape index (κ2) is 10.6. The van der Waals surface area contributed by atoms with E-state index in [1.165, 1.54) is 29.2 Å². The Morgan fingerprint density at radius 3 is 2.46 bits per heavy atom. The van der Waals surface area contributed by atoms with E-state index in [0.29, 0.717) is 0 Å². The first-order valence-corrected chi connectivity index (χ1v) is 10.3. The van der Waals surface area contributed by atoms with Gasteiger partial charge in [0.1, 0.15) is 11.5 Å². The molecule has 0 aromatic heterocycles. The molecule has 2 nitrogen and oxygen atoms in total. The molecular formula is C21H29BrO2. The Morgan fingerprint density at radius 1 is 0.875 bits per heavy atom. The second-order valence-electron chi connectivity index (χ2n) is 6.08. The molecule has 0 fully saturated rings. The summed E-state index contributed by atoms with van der Waals surface area (Å²) in [4.78, 5) is 0. The number of aryl methyl sites for hydroxylation is 1. The zero-order chi connectivity index (χ0) is 17.2. The highest BCUT2D eigenvalue weighted by Crippen LogP contribution is 2.31. The third-order valence-electron chi connectivity index (χ3n) is 4.22.